The van der Waals surface area contributed by atoms with E-state index in [0.717, 1.165) is 70.5 Å². The normalized spacial score (nSPS) is 23.3. The minimum Gasteiger partial charge on any atom is -0.381 e. The first-order chi connectivity index (χ1) is 10.3. The highest BCUT2D eigenvalue weighted by molar-refractivity contribution is 5.41. The summed E-state index contributed by atoms with van der Waals surface area (Å²) >= 11 is 0. The van der Waals surface area contributed by atoms with Crippen LogP contribution < -0.4 is 11.1 Å². The molecular weight excluding hydrogens is 270 g/mol. The van der Waals surface area contributed by atoms with Gasteiger partial charge in [-0.3, -0.25) is 4.90 Å². The molecule has 2 fully saturated rings. The van der Waals surface area contributed by atoms with Crippen LogP contribution in [-0.2, 0) is 9.47 Å². The molecule has 3 heterocycles. The van der Waals surface area contributed by atoms with E-state index in [4.69, 9.17) is 15.2 Å². The van der Waals surface area contributed by atoms with Crippen LogP contribution in [0.4, 0.5) is 11.8 Å². The third kappa shape index (κ3) is 4.03. The van der Waals surface area contributed by atoms with Gasteiger partial charge in [-0.15, -0.1) is 0 Å². The summed E-state index contributed by atoms with van der Waals surface area (Å²) in [6.07, 6.45) is 1.00. The van der Waals surface area contributed by atoms with E-state index in [1.165, 1.54) is 0 Å². The fourth-order valence-corrected chi connectivity index (χ4v) is 2.72. The van der Waals surface area contributed by atoms with E-state index in [1.807, 2.05) is 6.07 Å². The van der Waals surface area contributed by atoms with Crippen LogP contribution in [0.5, 0.6) is 0 Å². The number of rotatable bonds is 5. The molecule has 21 heavy (non-hydrogen) atoms. The lowest BCUT2D eigenvalue weighted by atomic mass is 10.0. The van der Waals surface area contributed by atoms with Gasteiger partial charge in [0.05, 0.1) is 25.5 Å². The summed E-state index contributed by atoms with van der Waals surface area (Å²) in [4.78, 5) is 11.0. The van der Waals surface area contributed by atoms with Crippen molar-refractivity contribution in [3.05, 3.63) is 11.8 Å². The first-order valence-corrected chi connectivity index (χ1v) is 7.57. The lowest BCUT2D eigenvalue weighted by Crippen LogP contribution is -2.39. The van der Waals surface area contributed by atoms with Gasteiger partial charge in [0.15, 0.2) is 0 Å². The Morgan fingerprint density at radius 1 is 1.24 bits per heavy atom. The number of nitrogen functional groups attached to an aromatic ring is 1. The molecule has 0 amide bonds. The summed E-state index contributed by atoms with van der Waals surface area (Å²) in [5.41, 5.74) is 6.79. The molecule has 0 spiro atoms. The standard InChI is InChI=1S/C14H23N5O2/c15-14-17-12(11-1-6-21-10-11)9-13(18-14)16-2-3-19-4-7-20-8-5-19/h9,11H,1-8,10H2,(H3,15,16,17,18)/t11-/m1/s1. The topological polar surface area (TPSA) is 85.5 Å². The van der Waals surface area contributed by atoms with Crippen molar-refractivity contribution in [2.24, 2.45) is 0 Å². The average Bonchev–Trinajstić information content (AvgIpc) is 3.02. The zero-order chi connectivity index (χ0) is 14.5. The molecule has 3 N–H and O–H groups in total. The molecule has 0 aliphatic carbocycles. The van der Waals surface area contributed by atoms with Crippen LogP contribution in [0.2, 0.25) is 0 Å². The van der Waals surface area contributed by atoms with Crippen LogP contribution in [0.3, 0.4) is 0 Å². The van der Waals surface area contributed by atoms with E-state index in [0.29, 0.717) is 11.9 Å². The second-order valence-corrected chi connectivity index (χ2v) is 5.48. The molecule has 7 nitrogen and oxygen atoms in total. The van der Waals surface area contributed by atoms with Crippen LogP contribution in [0.15, 0.2) is 6.07 Å². The van der Waals surface area contributed by atoms with Gasteiger partial charge in [0.25, 0.3) is 0 Å². The summed E-state index contributed by atoms with van der Waals surface area (Å²) < 4.78 is 10.8. The van der Waals surface area contributed by atoms with E-state index in [1.54, 1.807) is 0 Å². The Hall–Kier alpha value is -1.44. The van der Waals surface area contributed by atoms with Gasteiger partial charge in [-0.1, -0.05) is 0 Å². The molecule has 2 aliphatic rings. The first kappa shape index (κ1) is 14.5. The van der Waals surface area contributed by atoms with Gasteiger partial charge >= 0.3 is 0 Å². The van der Waals surface area contributed by atoms with Crippen molar-refractivity contribution in [2.45, 2.75) is 12.3 Å². The fraction of sp³-hybridized carbons (Fsp3) is 0.714. The van der Waals surface area contributed by atoms with E-state index in [2.05, 4.69) is 20.2 Å². The SMILES string of the molecule is Nc1nc(NCCN2CCOCC2)cc([C@@H]2CCOC2)n1. The van der Waals surface area contributed by atoms with Crippen LogP contribution in [0.25, 0.3) is 0 Å². The molecule has 0 bridgehead atoms. The largest absolute Gasteiger partial charge is 0.381 e. The van der Waals surface area contributed by atoms with E-state index in [9.17, 15) is 0 Å². The number of hydrogen-bond donors (Lipinski definition) is 2. The predicted molar refractivity (Wildman–Crippen MR) is 80.4 cm³/mol. The summed E-state index contributed by atoms with van der Waals surface area (Å²) in [5, 5.41) is 3.34. The highest BCUT2D eigenvalue weighted by Crippen LogP contribution is 2.25. The van der Waals surface area contributed by atoms with Crippen LogP contribution in [0.1, 0.15) is 18.0 Å². The maximum Gasteiger partial charge on any atom is 0.222 e. The van der Waals surface area contributed by atoms with E-state index < -0.39 is 0 Å². The average molecular weight is 293 g/mol. The van der Waals surface area contributed by atoms with Crippen molar-refractivity contribution in [3.63, 3.8) is 0 Å². The third-order valence-corrected chi connectivity index (χ3v) is 3.95. The van der Waals surface area contributed by atoms with Gasteiger partial charge in [-0.25, -0.2) is 4.98 Å². The van der Waals surface area contributed by atoms with Crippen molar-refractivity contribution in [2.75, 3.05) is 63.7 Å². The Kier molecular flexibility index (Phi) is 4.84. The smallest absolute Gasteiger partial charge is 0.222 e. The molecule has 116 valence electrons. The second kappa shape index (κ2) is 7.02. The molecule has 2 aliphatic heterocycles. The predicted octanol–water partition coefficient (Wildman–Crippen LogP) is 0.307. The highest BCUT2D eigenvalue weighted by atomic mass is 16.5. The molecule has 1 atom stereocenters. The number of morpholine rings is 1. The van der Waals surface area contributed by atoms with Crippen molar-refractivity contribution in [3.8, 4) is 0 Å². The fourth-order valence-electron chi connectivity index (χ4n) is 2.72. The molecular formula is C14H23N5O2. The molecule has 0 aromatic carbocycles. The van der Waals surface area contributed by atoms with Crippen LogP contribution in [0, 0.1) is 0 Å². The molecule has 1 aromatic rings. The molecule has 1 aromatic heterocycles. The van der Waals surface area contributed by atoms with Gasteiger partial charge in [-0.2, -0.15) is 4.98 Å². The number of nitrogens with two attached hydrogens (primary N) is 1. The minimum atomic E-state index is 0.327. The summed E-state index contributed by atoms with van der Waals surface area (Å²) in [5.74, 6) is 1.47. The Morgan fingerprint density at radius 3 is 2.86 bits per heavy atom. The summed E-state index contributed by atoms with van der Waals surface area (Å²) in [6.45, 7) is 7.00. The number of hydrogen-bond acceptors (Lipinski definition) is 7. The van der Waals surface area contributed by atoms with Gasteiger partial charge in [0, 0.05) is 44.8 Å². The molecule has 0 saturated carbocycles. The Labute approximate surface area is 124 Å². The summed E-state index contributed by atoms with van der Waals surface area (Å²) in [6, 6.07) is 2.00. The number of nitrogens with one attached hydrogen (secondary N) is 1. The van der Waals surface area contributed by atoms with Gasteiger partial charge in [0.1, 0.15) is 5.82 Å². The molecule has 3 rings (SSSR count). The zero-order valence-corrected chi connectivity index (χ0v) is 12.3. The van der Waals surface area contributed by atoms with Gasteiger partial charge in [-0.05, 0) is 6.42 Å². The van der Waals surface area contributed by atoms with Crippen molar-refractivity contribution >= 4 is 11.8 Å². The quantitative estimate of drug-likeness (QED) is 0.808. The summed E-state index contributed by atoms with van der Waals surface area (Å²) in [7, 11) is 0. The monoisotopic (exact) mass is 293 g/mol. The molecule has 0 radical (unpaired) electrons. The van der Waals surface area contributed by atoms with Crippen LogP contribution in [-0.4, -0.2) is 67.5 Å². The third-order valence-electron chi connectivity index (χ3n) is 3.95. The second-order valence-electron chi connectivity index (χ2n) is 5.48. The highest BCUT2D eigenvalue weighted by Gasteiger charge is 2.20. The first-order valence-electron chi connectivity index (χ1n) is 7.57. The van der Waals surface area contributed by atoms with Gasteiger partial charge in [0.2, 0.25) is 5.95 Å². The number of nitrogens with zero attached hydrogens (tertiary/aromatic N) is 3. The van der Waals surface area contributed by atoms with Crippen molar-refractivity contribution < 1.29 is 9.47 Å². The maximum absolute atomic E-state index is 5.81. The number of anilines is 2. The van der Waals surface area contributed by atoms with Crippen molar-refractivity contribution in [1.82, 2.24) is 14.9 Å². The molecule has 7 heteroatoms. The lowest BCUT2D eigenvalue weighted by Gasteiger charge is -2.26. The number of aromatic nitrogens is 2. The lowest BCUT2D eigenvalue weighted by molar-refractivity contribution is 0.0398. The number of ether oxygens (including phenoxy) is 2. The maximum atomic E-state index is 5.81. The molecule has 2 saturated heterocycles. The minimum absolute atomic E-state index is 0.327. The van der Waals surface area contributed by atoms with Crippen LogP contribution >= 0.6 is 0 Å². The zero-order valence-electron chi connectivity index (χ0n) is 12.3. The van der Waals surface area contributed by atoms with E-state index in [-0.39, 0.29) is 0 Å². The Balaban J connectivity index is 1.54. The Morgan fingerprint density at radius 2 is 2.10 bits per heavy atom. The van der Waals surface area contributed by atoms with Crippen molar-refractivity contribution in [1.29, 1.82) is 0 Å². The van der Waals surface area contributed by atoms with Gasteiger partial charge < -0.3 is 20.5 Å². The van der Waals surface area contributed by atoms with E-state index >= 15 is 0 Å². The Bertz CT molecular complexity index is 459. The molecule has 0 unspecified atom stereocenters.